The average molecular weight is 678 g/mol. The maximum absolute atomic E-state index is 14.2. The van der Waals surface area contributed by atoms with Gasteiger partial charge in [-0.15, -0.1) is 0 Å². The summed E-state index contributed by atoms with van der Waals surface area (Å²) in [4.78, 5) is 48.1. The van der Waals surface area contributed by atoms with Crippen LogP contribution in [0.5, 0.6) is 17.4 Å². The molecule has 0 bridgehead atoms. The quantitative estimate of drug-likeness (QED) is 0.272. The molecule has 258 valence electrons. The van der Waals surface area contributed by atoms with E-state index in [1.807, 2.05) is 19.1 Å². The topological polar surface area (TPSA) is 145 Å². The first-order valence-electron chi connectivity index (χ1n) is 17.4. The van der Waals surface area contributed by atoms with Gasteiger partial charge in [0.2, 0.25) is 17.7 Å². The zero-order valence-electron chi connectivity index (χ0n) is 28.1. The van der Waals surface area contributed by atoms with Crippen LogP contribution in [0.3, 0.4) is 0 Å². The fourth-order valence-corrected chi connectivity index (χ4v) is 7.70. The molecule has 2 unspecified atom stereocenters. The standard InChI is InChI=1S/C36H47N5O6S/c1-21-28(45-3)14-13-25-29(18-30(38-31(21)25)47-23-11-12-23)46-24-17-27-32(42)39-36(34(44)40-48-35(2)15-16-35)19-22(36)9-7-5-4-6-8-10-26(37)33(43)41(27)20-24/h7,9,13-14,18,22-24,26-27H,4-6,8,10-12,15-17,19-20,37H2,1-3H3,(H,39,42)(H,40,44)/b9-7-/t22-,24-,26+,27?,36?/m1/s1. The first-order valence-corrected chi connectivity index (χ1v) is 18.3. The van der Waals surface area contributed by atoms with E-state index in [1.165, 1.54) is 11.9 Å². The van der Waals surface area contributed by atoms with Crippen molar-refractivity contribution < 1.29 is 28.6 Å². The summed E-state index contributed by atoms with van der Waals surface area (Å²) < 4.78 is 21.4. The minimum Gasteiger partial charge on any atom is -0.496 e. The number of rotatable bonds is 8. The van der Waals surface area contributed by atoms with E-state index in [9.17, 15) is 14.4 Å². The van der Waals surface area contributed by atoms with Crippen molar-refractivity contribution in [3.05, 3.63) is 35.9 Å². The highest BCUT2D eigenvalue weighted by molar-refractivity contribution is 7.99. The lowest BCUT2D eigenvalue weighted by atomic mass is 10.1. The second-order valence-corrected chi connectivity index (χ2v) is 15.9. The Kier molecular flexibility index (Phi) is 8.99. The predicted octanol–water partition coefficient (Wildman–Crippen LogP) is 4.48. The van der Waals surface area contributed by atoms with Crippen molar-refractivity contribution in [2.75, 3.05) is 13.7 Å². The number of carbonyl (C=O) groups is 3. The van der Waals surface area contributed by atoms with Crippen LogP contribution in [0.2, 0.25) is 0 Å². The molecule has 7 rings (SSSR count). The molecule has 2 aromatic rings. The van der Waals surface area contributed by atoms with Crippen molar-refractivity contribution in [1.29, 1.82) is 0 Å². The molecule has 2 aliphatic heterocycles. The summed E-state index contributed by atoms with van der Waals surface area (Å²) in [7, 11) is 1.63. The van der Waals surface area contributed by atoms with Crippen LogP contribution in [0.4, 0.5) is 0 Å². The van der Waals surface area contributed by atoms with Crippen LogP contribution in [0, 0.1) is 12.8 Å². The third-order valence-electron chi connectivity index (χ3n) is 10.5. The number of allylic oxidation sites excluding steroid dienone is 1. The number of methoxy groups -OCH3 is 1. The summed E-state index contributed by atoms with van der Waals surface area (Å²) in [6, 6.07) is 4.04. The zero-order chi connectivity index (χ0) is 33.6. The van der Waals surface area contributed by atoms with Crippen LogP contribution in [0.15, 0.2) is 30.4 Å². The van der Waals surface area contributed by atoms with Crippen LogP contribution < -0.4 is 30.0 Å². The minimum absolute atomic E-state index is 0.0517. The number of benzene rings is 1. The molecule has 3 saturated carbocycles. The Morgan fingerprint density at radius 2 is 1.92 bits per heavy atom. The Labute approximate surface area is 286 Å². The predicted molar refractivity (Wildman–Crippen MR) is 184 cm³/mol. The summed E-state index contributed by atoms with van der Waals surface area (Å²) in [5.41, 5.74) is 7.00. The van der Waals surface area contributed by atoms with Gasteiger partial charge in [-0.2, -0.15) is 0 Å². The largest absolute Gasteiger partial charge is 0.496 e. The van der Waals surface area contributed by atoms with Gasteiger partial charge < -0.3 is 30.2 Å². The smallest absolute Gasteiger partial charge is 0.256 e. The molecule has 0 radical (unpaired) electrons. The number of carbonyl (C=O) groups excluding carboxylic acids is 3. The molecule has 11 nitrogen and oxygen atoms in total. The van der Waals surface area contributed by atoms with E-state index in [4.69, 9.17) is 24.9 Å². The third kappa shape index (κ3) is 6.83. The Morgan fingerprint density at radius 1 is 1.10 bits per heavy atom. The number of nitrogens with two attached hydrogens (primary N) is 1. The van der Waals surface area contributed by atoms with Crippen molar-refractivity contribution in [3.63, 3.8) is 0 Å². The van der Waals surface area contributed by atoms with Crippen LogP contribution >= 0.6 is 11.9 Å². The molecule has 1 aromatic heterocycles. The van der Waals surface area contributed by atoms with Gasteiger partial charge in [0, 0.05) is 34.1 Å². The summed E-state index contributed by atoms with van der Waals surface area (Å²) in [5.74, 6) is 0.832. The molecular weight excluding hydrogens is 630 g/mol. The van der Waals surface area contributed by atoms with Gasteiger partial charge in [0.05, 0.1) is 25.2 Å². The van der Waals surface area contributed by atoms with Crippen LogP contribution in [-0.2, 0) is 14.4 Å². The van der Waals surface area contributed by atoms with Crippen molar-refractivity contribution in [3.8, 4) is 17.4 Å². The number of amides is 3. The molecule has 3 amide bonds. The summed E-state index contributed by atoms with van der Waals surface area (Å²) in [6.45, 7) is 4.27. The van der Waals surface area contributed by atoms with Crippen LogP contribution in [0.1, 0.15) is 83.1 Å². The summed E-state index contributed by atoms with van der Waals surface area (Å²) in [6.07, 6.45) is 12.9. The minimum atomic E-state index is -1.05. The van der Waals surface area contributed by atoms with E-state index in [0.717, 1.165) is 62.3 Å². The van der Waals surface area contributed by atoms with E-state index in [2.05, 4.69) is 29.1 Å². The lowest BCUT2D eigenvalue weighted by molar-refractivity contribution is -0.140. The van der Waals surface area contributed by atoms with E-state index in [-0.39, 0.29) is 47.5 Å². The first kappa shape index (κ1) is 33.0. The Bertz CT molecular complexity index is 1630. The number of aryl methyl sites for hydroxylation is 1. The van der Waals surface area contributed by atoms with Gasteiger partial charge in [0.15, 0.2) is 0 Å². The van der Waals surface area contributed by atoms with E-state index < -0.39 is 23.7 Å². The van der Waals surface area contributed by atoms with Crippen molar-refractivity contribution >= 4 is 40.6 Å². The zero-order valence-corrected chi connectivity index (χ0v) is 28.9. The van der Waals surface area contributed by atoms with Crippen LogP contribution in [-0.4, -0.2) is 75.8 Å². The normalized spacial score (nSPS) is 30.6. The molecule has 0 spiro atoms. The lowest BCUT2D eigenvalue weighted by Crippen LogP contribution is -2.56. The van der Waals surface area contributed by atoms with Gasteiger partial charge in [-0.1, -0.05) is 25.0 Å². The summed E-state index contributed by atoms with van der Waals surface area (Å²) in [5, 5.41) is 3.91. The van der Waals surface area contributed by atoms with E-state index in [0.29, 0.717) is 35.7 Å². The number of fused-ring (bicyclic) bond motifs is 3. The number of aromatic nitrogens is 1. The third-order valence-corrected chi connectivity index (χ3v) is 11.7. The van der Waals surface area contributed by atoms with Crippen LogP contribution in [0.25, 0.3) is 10.9 Å². The molecule has 3 aliphatic carbocycles. The van der Waals surface area contributed by atoms with Gasteiger partial charge in [0.1, 0.15) is 35.3 Å². The van der Waals surface area contributed by atoms with Gasteiger partial charge >= 0.3 is 0 Å². The second-order valence-electron chi connectivity index (χ2n) is 14.5. The fourth-order valence-electron chi connectivity index (χ4n) is 6.87. The molecule has 4 fully saturated rings. The number of nitrogens with one attached hydrogen (secondary N) is 2. The number of ether oxygens (including phenoxy) is 3. The van der Waals surface area contributed by atoms with Gasteiger partial charge in [-0.05, 0) is 89.3 Å². The Hall–Kier alpha value is -3.51. The number of hydrogen-bond acceptors (Lipinski definition) is 9. The molecular formula is C36H47N5O6S. The van der Waals surface area contributed by atoms with Gasteiger partial charge in [0.25, 0.3) is 5.91 Å². The Morgan fingerprint density at radius 3 is 2.67 bits per heavy atom. The van der Waals surface area contributed by atoms with Crippen molar-refractivity contribution in [1.82, 2.24) is 19.9 Å². The molecule has 4 N–H and O–H groups in total. The van der Waals surface area contributed by atoms with Crippen molar-refractivity contribution in [2.24, 2.45) is 11.7 Å². The molecule has 5 aliphatic rings. The monoisotopic (exact) mass is 677 g/mol. The molecule has 48 heavy (non-hydrogen) atoms. The average Bonchev–Trinajstić information content (AvgIpc) is 4.03. The maximum atomic E-state index is 14.2. The highest BCUT2D eigenvalue weighted by Crippen LogP contribution is 2.49. The highest BCUT2D eigenvalue weighted by Gasteiger charge is 2.61. The fraction of sp³-hybridized carbons (Fsp3) is 0.611. The SMILES string of the molecule is COc1ccc2c(O[C@@H]3CC4C(=O)NC5(C(=O)NSC6(C)CC6)C[C@H]5/C=C\CCCCC[C@H](N)C(=O)N4C3)cc(OC3CC3)nc2c1C. The first-order chi connectivity index (χ1) is 23.1. The van der Waals surface area contributed by atoms with E-state index in [1.54, 1.807) is 18.1 Å². The van der Waals surface area contributed by atoms with Crippen molar-refractivity contribution in [2.45, 2.75) is 119 Å². The number of hydrogen-bond donors (Lipinski definition) is 3. The molecule has 1 saturated heterocycles. The summed E-state index contributed by atoms with van der Waals surface area (Å²) >= 11 is 1.45. The molecule has 1 aromatic carbocycles. The van der Waals surface area contributed by atoms with E-state index >= 15 is 0 Å². The maximum Gasteiger partial charge on any atom is 0.256 e. The van der Waals surface area contributed by atoms with Gasteiger partial charge in [-0.3, -0.25) is 19.1 Å². The number of nitrogens with zero attached hydrogens (tertiary/aromatic N) is 2. The second kappa shape index (κ2) is 13.1. The molecule has 5 atom stereocenters. The number of pyridine rings is 1. The molecule has 3 heterocycles. The lowest BCUT2D eigenvalue weighted by Gasteiger charge is -2.28. The highest BCUT2D eigenvalue weighted by atomic mass is 32.2. The molecule has 12 heteroatoms. The Balaban J connectivity index is 1.16. The van der Waals surface area contributed by atoms with Gasteiger partial charge in [-0.25, -0.2) is 4.98 Å².